The van der Waals surface area contributed by atoms with Crippen LogP contribution >= 0.6 is 11.3 Å². The number of benzene rings is 1. The molecule has 0 fully saturated rings. The van der Waals surface area contributed by atoms with Crippen molar-refractivity contribution in [3.63, 3.8) is 0 Å². The van der Waals surface area contributed by atoms with Gasteiger partial charge >= 0.3 is 0 Å². The number of rotatable bonds is 3. The fourth-order valence-corrected chi connectivity index (χ4v) is 5.39. The quantitative estimate of drug-likeness (QED) is 0.318. The highest BCUT2D eigenvalue weighted by Gasteiger charge is 2.33. The van der Waals surface area contributed by atoms with Crippen molar-refractivity contribution in [2.75, 3.05) is 30.8 Å². The van der Waals surface area contributed by atoms with Crippen LogP contribution in [0.4, 0.5) is 20.9 Å². The summed E-state index contributed by atoms with van der Waals surface area (Å²) >= 11 is 1.47. The minimum Gasteiger partial charge on any atom is -0.492 e. The molecule has 0 saturated heterocycles. The molecule has 172 valence electrons. The third kappa shape index (κ3) is 3.29. The number of aromatic amines is 1. The molecule has 4 N–H and O–H groups in total. The van der Waals surface area contributed by atoms with E-state index in [1.54, 1.807) is 18.3 Å². The number of nitrogens with zero attached hydrogens (tertiary/aromatic N) is 2. The summed E-state index contributed by atoms with van der Waals surface area (Å²) in [6.07, 6.45) is 6.66. The number of aromatic nitrogens is 3. The second-order valence-corrected chi connectivity index (χ2v) is 9.11. The zero-order valence-corrected chi connectivity index (χ0v) is 19.1. The minimum absolute atomic E-state index is 0.0656. The second kappa shape index (κ2) is 8.14. The molecule has 1 unspecified atom stereocenters. The molecule has 1 atom stereocenters. The van der Waals surface area contributed by atoms with Gasteiger partial charge in [0.15, 0.2) is 16.7 Å². The summed E-state index contributed by atoms with van der Waals surface area (Å²) in [7, 11) is 1.42. The van der Waals surface area contributed by atoms with Gasteiger partial charge in [0.2, 0.25) is 0 Å². The average Bonchev–Trinajstić information content (AvgIpc) is 3.42. The van der Waals surface area contributed by atoms with E-state index < -0.39 is 5.82 Å². The molecule has 1 aromatic carbocycles. The van der Waals surface area contributed by atoms with E-state index in [0.717, 1.165) is 33.2 Å². The van der Waals surface area contributed by atoms with Crippen LogP contribution in [-0.4, -0.2) is 41.1 Å². The molecule has 4 aromatic rings. The summed E-state index contributed by atoms with van der Waals surface area (Å²) < 4.78 is 19.8. The fourth-order valence-electron chi connectivity index (χ4n) is 4.55. The van der Waals surface area contributed by atoms with E-state index in [1.807, 2.05) is 6.07 Å². The van der Waals surface area contributed by atoms with E-state index >= 15 is 0 Å². The Labute approximate surface area is 198 Å². The van der Waals surface area contributed by atoms with Crippen LogP contribution in [0.1, 0.15) is 28.4 Å². The van der Waals surface area contributed by atoms with Crippen molar-refractivity contribution in [2.45, 2.75) is 12.3 Å². The van der Waals surface area contributed by atoms with E-state index in [2.05, 4.69) is 38.1 Å². The van der Waals surface area contributed by atoms with Gasteiger partial charge in [-0.15, -0.1) is 0 Å². The standard InChI is InChI=1S/C24H21FN6O2S/c1-33-21-14(25)6-4-7-15(21)29-20-16-17-12(11-28-22(16)32)5-2-3-9-27-24-31-19-13(18(20)30-17)8-10-26-23(19)34-24/h2-4,6-8,10,12,29-30H,5,9,11H2,1H3,(H,27,31)(H,28,32)/b3-2+. The summed E-state index contributed by atoms with van der Waals surface area (Å²) in [6.45, 7) is 1.18. The molecule has 6 rings (SSSR count). The van der Waals surface area contributed by atoms with Gasteiger partial charge in [-0.05, 0) is 24.6 Å². The summed E-state index contributed by atoms with van der Waals surface area (Å²) in [5, 5.41) is 10.4. The Morgan fingerprint density at radius 1 is 1.24 bits per heavy atom. The van der Waals surface area contributed by atoms with E-state index in [1.165, 1.54) is 24.5 Å². The third-order valence-corrected chi connectivity index (χ3v) is 7.05. The van der Waals surface area contributed by atoms with Crippen molar-refractivity contribution in [3.05, 3.63) is 59.7 Å². The Bertz CT molecular complexity index is 1460. The number of hydrogen-bond acceptors (Lipinski definition) is 7. The zero-order valence-electron chi connectivity index (χ0n) is 18.2. The maximum Gasteiger partial charge on any atom is 0.255 e. The average molecular weight is 477 g/mol. The number of carbonyl (C=O) groups excluding carboxylic acids is 1. The monoisotopic (exact) mass is 476 g/mol. The zero-order chi connectivity index (χ0) is 23.2. The normalized spacial score (nSPS) is 17.8. The molecule has 4 bridgehead atoms. The Hall–Kier alpha value is -3.92. The van der Waals surface area contributed by atoms with Gasteiger partial charge < -0.3 is 25.7 Å². The minimum atomic E-state index is -0.491. The third-order valence-electron chi connectivity index (χ3n) is 6.13. The van der Waals surface area contributed by atoms with Crippen molar-refractivity contribution in [3.8, 4) is 17.0 Å². The number of fused-ring (bicyclic) bond motifs is 3. The molecule has 0 spiro atoms. The first-order valence-corrected chi connectivity index (χ1v) is 11.7. The number of nitrogens with one attached hydrogen (secondary N) is 4. The number of allylic oxidation sites excluding steroid dienone is 1. The molecule has 0 radical (unpaired) electrons. The van der Waals surface area contributed by atoms with Crippen molar-refractivity contribution < 1.29 is 13.9 Å². The Morgan fingerprint density at radius 2 is 2.15 bits per heavy atom. The number of anilines is 3. The number of methoxy groups -OCH3 is 1. The highest BCUT2D eigenvalue weighted by Crippen LogP contribution is 2.44. The first kappa shape index (κ1) is 20.7. The molecule has 0 aliphatic carbocycles. The highest BCUT2D eigenvalue weighted by molar-refractivity contribution is 7.21. The van der Waals surface area contributed by atoms with Gasteiger partial charge in [-0.1, -0.05) is 29.6 Å². The first-order valence-electron chi connectivity index (χ1n) is 10.9. The van der Waals surface area contributed by atoms with E-state index in [9.17, 15) is 9.18 Å². The second-order valence-electron chi connectivity index (χ2n) is 8.14. The number of para-hydroxylation sites is 1. The van der Waals surface area contributed by atoms with E-state index in [0.29, 0.717) is 35.7 Å². The summed E-state index contributed by atoms with van der Waals surface area (Å²) in [5.74, 6) is -0.535. The SMILES string of the molecule is COc1c(F)cccc1Nc1c2[nH]c3c1C(=O)NCC3C/C=C/CNc1nc3c-2ccnc3s1. The highest BCUT2D eigenvalue weighted by atomic mass is 32.1. The molecular formula is C24H21FN6O2S. The van der Waals surface area contributed by atoms with Crippen LogP contribution in [0.2, 0.25) is 0 Å². The molecule has 34 heavy (non-hydrogen) atoms. The number of hydrogen-bond donors (Lipinski definition) is 4. The molecule has 2 aliphatic rings. The van der Waals surface area contributed by atoms with Crippen molar-refractivity contribution in [1.82, 2.24) is 20.3 Å². The van der Waals surface area contributed by atoms with Crippen LogP contribution in [-0.2, 0) is 0 Å². The Morgan fingerprint density at radius 3 is 3.03 bits per heavy atom. The number of thiazole rings is 1. The van der Waals surface area contributed by atoms with Crippen molar-refractivity contribution in [2.24, 2.45) is 0 Å². The largest absolute Gasteiger partial charge is 0.492 e. The van der Waals surface area contributed by atoms with Gasteiger partial charge in [0, 0.05) is 36.5 Å². The number of amides is 1. The number of carbonyl (C=O) groups is 1. The fraction of sp³-hybridized carbons (Fsp3) is 0.208. The van der Waals surface area contributed by atoms with E-state index in [-0.39, 0.29) is 17.6 Å². The molecule has 5 heterocycles. The van der Waals surface area contributed by atoms with Gasteiger partial charge in [-0.2, -0.15) is 0 Å². The van der Waals surface area contributed by atoms with Crippen LogP contribution in [0.25, 0.3) is 21.6 Å². The lowest BCUT2D eigenvalue weighted by Gasteiger charge is -2.23. The first-order chi connectivity index (χ1) is 16.6. The van der Waals surface area contributed by atoms with Crippen LogP contribution in [0.5, 0.6) is 5.75 Å². The number of ether oxygens (including phenoxy) is 1. The summed E-state index contributed by atoms with van der Waals surface area (Å²) in [6, 6.07) is 6.53. The Kier molecular flexibility index (Phi) is 4.95. The van der Waals surface area contributed by atoms with Crippen LogP contribution < -0.4 is 20.7 Å². The topological polar surface area (TPSA) is 104 Å². The van der Waals surface area contributed by atoms with Crippen LogP contribution in [0.15, 0.2) is 42.6 Å². The van der Waals surface area contributed by atoms with E-state index in [4.69, 9.17) is 9.72 Å². The molecule has 2 aliphatic heterocycles. The molecule has 0 saturated carbocycles. The maximum atomic E-state index is 14.5. The number of pyridine rings is 1. The summed E-state index contributed by atoms with van der Waals surface area (Å²) in [4.78, 5) is 26.7. The van der Waals surface area contributed by atoms with Crippen molar-refractivity contribution >= 4 is 44.1 Å². The number of H-pyrrole nitrogens is 1. The maximum absolute atomic E-state index is 14.5. The van der Waals surface area contributed by atoms with Gasteiger partial charge in [0.1, 0.15) is 10.3 Å². The lowest BCUT2D eigenvalue weighted by atomic mass is 9.93. The van der Waals surface area contributed by atoms with Gasteiger partial charge in [-0.3, -0.25) is 4.79 Å². The smallest absolute Gasteiger partial charge is 0.255 e. The Balaban J connectivity index is 1.63. The van der Waals surface area contributed by atoms with Gasteiger partial charge in [0.05, 0.1) is 29.7 Å². The van der Waals surface area contributed by atoms with Crippen LogP contribution in [0.3, 0.4) is 0 Å². The molecular weight excluding hydrogens is 455 g/mol. The molecule has 3 aromatic heterocycles. The lowest BCUT2D eigenvalue weighted by molar-refractivity contribution is 0.0941. The van der Waals surface area contributed by atoms with Gasteiger partial charge in [0.25, 0.3) is 5.91 Å². The van der Waals surface area contributed by atoms with Gasteiger partial charge in [-0.25, -0.2) is 14.4 Å². The molecule has 10 heteroatoms. The van der Waals surface area contributed by atoms with Crippen LogP contribution in [0, 0.1) is 5.82 Å². The lowest BCUT2D eigenvalue weighted by Crippen LogP contribution is -2.34. The molecule has 8 nitrogen and oxygen atoms in total. The predicted octanol–water partition coefficient (Wildman–Crippen LogP) is 4.78. The predicted molar refractivity (Wildman–Crippen MR) is 131 cm³/mol. The summed E-state index contributed by atoms with van der Waals surface area (Å²) in [5.41, 5.74) is 4.56. The van der Waals surface area contributed by atoms with Crippen molar-refractivity contribution in [1.29, 1.82) is 0 Å². The molecule has 1 amide bonds. The number of halogens is 1.